The maximum Gasteiger partial charge on any atom is 0.407 e. The highest BCUT2D eigenvalue weighted by Crippen LogP contribution is 2.24. The first-order chi connectivity index (χ1) is 9.28. The SMILES string of the molecule is CS(=O)(=O)O[C@@H]1CCN(C2CCN(C(=O)O)CC2)C1=O. The lowest BCUT2D eigenvalue weighted by molar-refractivity contribution is -0.135. The van der Waals surface area contributed by atoms with Crippen LogP contribution in [0.5, 0.6) is 0 Å². The molecule has 2 fully saturated rings. The van der Waals surface area contributed by atoms with Crippen molar-refractivity contribution in [2.45, 2.75) is 31.4 Å². The van der Waals surface area contributed by atoms with Gasteiger partial charge in [0.15, 0.2) is 6.10 Å². The molecule has 8 nitrogen and oxygen atoms in total. The van der Waals surface area contributed by atoms with E-state index in [-0.39, 0.29) is 11.9 Å². The summed E-state index contributed by atoms with van der Waals surface area (Å²) < 4.78 is 26.9. The summed E-state index contributed by atoms with van der Waals surface area (Å²) in [6, 6.07) is -0.0359. The van der Waals surface area contributed by atoms with Crippen LogP contribution < -0.4 is 0 Å². The molecule has 2 saturated heterocycles. The van der Waals surface area contributed by atoms with Crippen LogP contribution in [0.4, 0.5) is 4.79 Å². The molecule has 0 aliphatic carbocycles. The lowest BCUT2D eigenvalue weighted by Gasteiger charge is -2.35. The van der Waals surface area contributed by atoms with Crippen LogP contribution in [-0.2, 0) is 19.1 Å². The molecule has 2 amide bonds. The number of nitrogens with zero attached hydrogens (tertiary/aromatic N) is 2. The molecular formula is C11H18N2O6S. The van der Waals surface area contributed by atoms with Crippen LogP contribution in [0.15, 0.2) is 0 Å². The molecule has 2 aliphatic heterocycles. The Kier molecular flexibility index (Phi) is 4.19. The van der Waals surface area contributed by atoms with Gasteiger partial charge in [-0.25, -0.2) is 4.79 Å². The number of piperidine rings is 1. The molecule has 0 aromatic carbocycles. The van der Waals surface area contributed by atoms with Crippen molar-refractivity contribution in [3.05, 3.63) is 0 Å². The van der Waals surface area contributed by atoms with Crippen molar-refractivity contribution in [1.29, 1.82) is 0 Å². The van der Waals surface area contributed by atoms with Gasteiger partial charge >= 0.3 is 6.09 Å². The van der Waals surface area contributed by atoms with E-state index in [1.165, 1.54) is 4.90 Å². The van der Waals surface area contributed by atoms with Gasteiger partial charge in [-0.15, -0.1) is 0 Å². The summed E-state index contributed by atoms with van der Waals surface area (Å²) in [4.78, 5) is 25.9. The first kappa shape index (κ1) is 15.0. The van der Waals surface area contributed by atoms with Crippen LogP contribution in [-0.4, -0.2) is 73.4 Å². The van der Waals surface area contributed by atoms with Crippen molar-refractivity contribution in [2.75, 3.05) is 25.9 Å². The molecular weight excluding hydrogens is 288 g/mol. The molecule has 9 heteroatoms. The molecule has 0 aromatic rings. The Hall–Kier alpha value is -1.35. The minimum Gasteiger partial charge on any atom is -0.465 e. The number of hydrogen-bond acceptors (Lipinski definition) is 5. The van der Waals surface area contributed by atoms with E-state index in [0.29, 0.717) is 38.9 Å². The summed E-state index contributed by atoms with van der Waals surface area (Å²) in [6.45, 7) is 1.24. The molecule has 0 radical (unpaired) electrons. The summed E-state index contributed by atoms with van der Waals surface area (Å²) in [5, 5.41) is 8.87. The molecule has 0 spiro atoms. The highest BCUT2D eigenvalue weighted by Gasteiger charge is 2.39. The van der Waals surface area contributed by atoms with Gasteiger partial charge in [0.25, 0.3) is 16.0 Å². The first-order valence-electron chi connectivity index (χ1n) is 6.44. The third-order valence-corrected chi connectivity index (χ3v) is 4.24. The third-order valence-electron chi connectivity index (χ3n) is 3.66. The Morgan fingerprint density at radius 3 is 2.35 bits per heavy atom. The summed E-state index contributed by atoms with van der Waals surface area (Å²) >= 11 is 0. The number of likely N-dealkylation sites (tertiary alicyclic amines) is 2. The number of carbonyl (C=O) groups excluding carboxylic acids is 1. The highest BCUT2D eigenvalue weighted by atomic mass is 32.2. The monoisotopic (exact) mass is 306 g/mol. The topological polar surface area (TPSA) is 104 Å². The van der Waals surface area contributed by atoms with Crippen molar-refractivity contribution < 1.29 is 27.3 Å². The number of hydrogen-bond donors (Lipinski definition) is 1. The zero-order chi connectivity index (χ0) is 14.9. The van der Waals surface area contributed by atoms with E-state index in [0.717, 1.165) is 6.26 Å². The Labute approximate surface area is 117 Å². The Morgan fingerprint density at radius 1 is 1.25 bits per heavy atom. The fourth-order valence-corrected chi connectivity index (χ4v) is 3.31. The predicted octanol–water partition coefficient (Wildman–Crippen LogP) is -0.294. The Bertz CT molecular complexity index is 497. The molecule has 1 N–H and O–H groups in total. The highest BCUT2D eigenvalue weighted by molar-refractivity contribution is 7.86. The minimum atomic E-state index is -3.65. The maximum atomic E-state index is 12.1. The number of carboxylic acid groups (broad SMARTS) is 1. The van der Waals surface area contributed by atoms with Crippen molar-refractivity contribution in [3.8, 4) is 0 Å². The molecule has 0 unspecified atom stereocenters. The molecule has 0 bridgehead atoms. The predicted molar refractivity (Wildman–Crippen MR) is 68.7 cm³/mol. The number of amides is 2. The second-order valence-electron chi connectivity index (χ2n) is 5.11. The summed E-state index contributed by atoms with van der Waals surface area (Å²) in [6.07, 6.45) is 0.545. The van der Waals surface area contributed by atoms with Gasteiger partial charge in [0.05, 0.1) is 6.26 Å². The normalized spacial score (nSPS) is 25.2. The zero-order valence-electron chi connectivity index (χ0n) is 11.2. The van der Waals surface area contributed by atoms with E-state index >= 15 is 0 Å². The largest absolute Gasteiger partial charge is 0.465 e. The van der Waals surface area contributed by atoms with Gasteiger partial charge in [-0.3, -0.25) is 8.98 Å². The average Bonchev–Trinajstić information content (AvgIpc) is 2.69. The second kappa shape index (κ2) is 5.57. The Balaban J connectivity index is 1.92. The molecule has 2 aliphatic rings. The van der Waals surface area contributed by atoms with Crippen LogP contribution in [0.3, 0.4) is 0 Å². The van der Waals surface area contributed by atoms with Crippen LogP contribution in [0, 0.1) is 0 Å². The molecule has 114 valence electrons. The van der Waals surface area contributed by atoms with Gasteiger partial charge in [0.1, 0.15) is 0 Å². The fourth-order valence-electron chi connectivity index (χ4n) is 2.71. The molecule has 2 heterocycles. The first-order valence-corrected chi connectivity index (χ1v) is 8.26. The lowest BCUT2D eigenvalue weighted by Crippen LogP contribution is -2.47. The average molecular weight is 306 g/mol. The van der Waals surface area contributed by atoms with Crippen LogP contribution in [0.2, 0.25) is 0 Å². The second-order valence-corrected chi connectivity index (χ2v) is 6.71. The van der Waals surface area contributed by atoms with Crippen molar-refractivity contribution in [3.63, 3.8) is 0 Å². The van der Waals surface area contributed by atoms with E-state index in [2.05, 4.69) is 0 Å². The summed E-state index contributed by atoms with van der Waals surface area (Å²) in [7, 11) is -3.65. The van der Waals surface area contributed by atoms with E-state index < -0.39 is 22.3 Å². The zero-order valence-corrected chi connectivity index (χ0v) is 12.0. The smallest absolute Gasteiger partial charge is 0.407 e. The van der Waals surface area contributed by atoms with Crippen molar-refractivity contribution in [1.82, 2.24) is 9.80 Å². The summed E-state index contributed by atoms with van der Waals surface area (Å²) in [5.74, 6) is -0.316. The minimum absolute atomic E-state index is 0.0359. The number of rotatable bonds is 3. The lowest BCUT2D eigenvalue weighted by atomic mass is 10.0. The molecule has 0 saturated carbocycles. The van der Waals surface area contributed by atoms with Gasteiger partial charge < -0.3 is 14.9 Å². The van der Waals surface area contributed by atoms with Crippen LogP contribution in [0.25, 0.3) is 0 Å². The van der Waals surface area contributed by atoms with Crippen LogP contribution >= 0.6 is 0 Å². The van der Waals surface area contributed by atoms with Gasteiger partial charge in [-0.05, 0) is 12.8 Å². The quantitative estimate of drug-likeness (QED) is 0.718. The van der Waals surface area contributed by atoms with Crippen LogP contribution in [0.1, 0.15) is 19.3 Å². The van der Waals surface area contributed by atoms with Gasteiger partial charge in [-0.1, -0.05) is 0 Å². The molecule has 2 rings (SSSR count). The van der Waals surface area contributed by atoms with E-state index in [1.54, 1.807) is 4.90 Å². The van der Waals surface area contributed by atoms with Crippen molar-refractivity contribution >= 4 is 22.1 Å². The fraction of sp³-hybridized carbons (Fsp3) is 0.818. The molecule has 20 heavy (non-hydrogen) atoms. The van der Waals surface area contributed by atoms with Gasteiger partial charge in [0, 0.05) is 32.1 Å². The van der Waals surface area contributed by atoms with E-state index in [4.69, 9.17) is 9.29 Å². The van der Waals surface area contributed by atoms with Gasteiger partial charge in [-0.2, -0.15) is 8.42 Å². The van der Waals surface area contributed by atoms with E-state index in [9.17, 15) is 18.0 Å². The number of carbonyl (C=O) groups is 2. The third kappa shape index (κ3) is 3.40. The molecule has 1 atom stereocenters. The standard InChI is InChI=1S/C11H18N2O6S/c1-20(17,18)19-9-4-7-13(10(9)14)8-2-5-12(6-3-8)11(15)16/h8-9H,2-7H2,1H3,(H,15,16)/t9-/m1/s1. The van der Waals surface area contributed by atoms with E-state index in [1.807, 2.05) is 0 Å². The molecule has 0 aromatic heterocycles. The van der Waals surface area contributed by atoms with Crippen molar-refractivity contribution in [2.24, 2.45) is 0 Å². The Morgan fingerprint density at radius 2 is 1.85 bits per heavy atom. The summed E-state index contributed by atoms with van der Waals surface area (Å²) in [5.41, 5.74) is 0. The van der Waals surface area contributed by atoms with Gasteiger partial charge in [0.2, 0.25) is 0 Å². The maximum absolute atomic E-state index is 12.1.